The van der Waals surface area contributed by atoms with Crippen LogP contribution in [0.2, 0.25) is 0 Å². The van der Waals surface area contributed by atoms with Gasteiger partial charge in [0.2, 0.25) is 0 Å². The maximum Gasteiger partial charge on any atom is 0.0402 e. The molecule has 3 N–H and O–H groups in total. The van der Waals surface area contributed by atoms with Gasteiger partial charge >= 0.3 is 0 Å². The van der Waals surface area contributed by atoms with E-state index < -0.39 is 0 Å². The van der Waals surface area contributed by atoms with E-state index >= 15 is 0 Å². The van der Waals surface area contributed by atoms with Crippen LogP contribution in [0.5, 0.6) is 0 Å². The number of aliphatic hydroxyl groups is 1. The first-order valence-corrected chi connectivity index (χ1v) is 2.36. The fraction of sp³-hybridized carbons (Fsp3) is 1.00. The molecule has 0 rings (SSSR count). The molecule has 0 bridgehead atoms. The van der Waals surface area contributed by atoms with Crippen LogP contribution < -0.4 is 0 Å². The zero-order valence-corrected chi connectivity index (χ0v) is 6.10. The Balaban J connectivity index is -0.0000000575. The van der Waals surface area contributed by atoms with Crippen molar-refractivity contribution in [1.82, 2.24) is 4.90 Å². The molecule has 0 spiro atoms. The monoisotopic (exact) mass is 123 g/mol. The highest BCUT2D eigenvalue weighted by Gasteiger charge is 1.58. The predicted octanol–water partition coefficient (Wildman–Crippen LogP) is -0.648. The molecule has 0 saturated heterocycles. The fourth-order valence-electron chi connectivity index (χ4n) is 0. The first-order valence-electron chi connectivity index (χ1n) is 2.36. The quantitative estimate of drug-likeness (QED) is 0.465. The summed E-state index contributed by atoms with van der Waals surface area (Å²) in [4.78, 5) is 2.00. The van der Waals surface area contributed by atoms with Crippen LogP contribution >= 0.6 is 0 Å². The summed E-state index contributed by atoms with van der Waals surface area (Å²) in [6.07, 6.45) is 0. The second kappa shape index (κ2) is 15.8. The molecule has 3 nitrogen and oxygen atoms in total. The van der Waals surface area contributed by atoms with Gasteiger partial charge in [0, 0.05) is 6.61 Å². The van der Waals surface area contributed by atoms with Gasteiger partial charge in [0.1, 0.15) is 0 Å². The van der Waals surface area contributed by atoms with Crippen molar-refractivity contribution in [2.24, 2.45) is 0 Å². The Bertz CT molecular complexity index is 21.6. The lowest BCUT2D eigenvalue weighted by molar-refractivity contribution is 0.318. The average Bonchev–Trinajstić information content (AvgIpc) is 1.33. The molecule has 0 aliphatic rings. The van der Waals surface area contributed by atoms with Gasteiger partial charge in [0.25, 0.3) is 0 Å². The van der Waals surface area contributed by atoms with Crippen molar-refractivity contribution in [3.8, 4) is 0 Å². The van der Waals surface area contributed by atoms with Crippen molar-refractivity contribution >= 4 is 0 Å². The van der Waals surface area contributed by atoms with Crippen LogP contribution in [-0.4, -0.2) is 43.2 Å². The van der Waals surface area contributed by atoms with E-state index in [0.29, 0.717) is 0 Å². The summed E-state index contributed by atoms with van der Waals surface area (Å²) in [6, 6.07) is 0. The van der Waals surface area contributed by atoms with Gasteiger partial charge in [-0.2, -0.15) is 0 Å². The molecular formula is C5H17NO2. The standard InChI is InChI=1S/C3H9N.C2H6O.H2O/c1-4(2)3;1-2-3;/h1-3H3;3H,2H2,1H3;1H2. The Hall–Kier alpha value is -0.120. The number of hydrogen-bond acceptors (Lipinski definition) is 2. The summed E-state index contributed by atoms with van der Waals surface area (Å²) in [5.41, 5.74) is 0. The topological polar surface area (TPSA) is 55.0 Å². The van der Waals surface area contributed by atoms with Gasteiger partial charge in [0.05, 0.1) is 0 Å². The highest BCUT2D eigenvalue weighted by molar-refractivity contribution is 4.09. The minimum atomic E-state index is 0. The van der Waals surface area contributed by atoms with E-state index in [4.69, 9.17) is 5.11 Å². The van der Waals surface area contributed by atoms with Crippen LogP contribution in [0.1, 0.15) is 6.92 Å². The summed E-state index contributed by atoms with van der Waals surface area (Å²) in [5, 5.41) is 7.57. The first kappa shape index (κ1) is 15.7. The minimum absolute atomic E-state index is 0. The average molecular weight is 123 g/mol. The van der Waals surface area contributed by atoms with Crippen molar-refractivity contribution in [1.29, 1.82) is 0 Å². The summed E-state index contributed by atoms with van der Waals surface area (Å²) >= 11 is 0. The van der Waals surface area contributed by atoms with Crippen LogP contribution in [0, 0.1) is 0 Å². The van der Waals surface area contributed by atoms with E-state index in [9.17, 15) is 0 Å². The van der Waals surface area contributed by atoms with E-state index in [1.165, 1.54) is 0 Å². The maximum absolute atomic E-state index is 7.57. The molecule has 0 aromatic carbocycles. The Labute approximate surface area is 51.2 Å². The molecule has 0 fully saturated rings. The molecule has 3 heteroatoms. The van der Waals surface area contributed by atoms with E-state index in [-0.39, 0.29) is 12.1 Å². The molecule has 0 heterocycles. The Morgan fingerprint density at radius 2 is 1.25 bits per heavy atom. The highest BCUT2D eigenvalue weighted by Crippen LogP contribution is 1.47. The molecule has 0 aromatic heterocycles. The maximum atomic E-state index is 7.57. The van der Waals surface area contributed by atoms with Gasteiger partial charge in [-0.15, -0.1) is 0 Å². The Kier molecular flexibility index (Phi) is 30.9. The molecular weight excluding hydrogens is 106 g/mol. The molecule has 0 aliphatic carbocycles. The smallest absolute Gasteiger partial charge is 0.0402 e. The lowest BCUT2D eigenvalue weighted by Gasteiger charge is -1.90. The van der Waals surface area contributed by atoms with E-state index in [1.54, 1.807) is 6.92 Å². The van der Waals surface area contributed by atoms with Crippen molar-refractivity contribution in [3.63, 3.8) is 0 Å². The third-order valence-electron chi connectivity index (χ3n) is 0. The van der Waals surface area contributed by atoms with Crippen LogP contribution in [0.15, 0.2) is 0 Å². The molecule has 0 atom stereocenters. The van der Waals surface area contributed by atoms with E-state index in [0.717, 1.165) is 0 Å². The number of rotatable bonds is 0. The van der Waals surface area contributed by atoms with Crippen molar-refractivity contribution in [2.75, 3.05) is 27.7 Å². The normalized spacial score (nSPS) is 6.75. The summed E-state index contributed by atoms with van der Waals surface area (Å²) < 4.78 is 0. The number of hydrogen-bond donors (Lipinski definition) is 1. The molecule has 0 aliphatic heterocycles. The third kappa shape index (κ3) is 9720. The third-order valence-corrected chi connectivity index (χ3v) is 0. The zero-order chi connectivity index (χ0) is 6.28. The van der Waals surface area contributed by atoms with Gasteiger partial charge in [-0.1, -0.05) is 0 Å². The molecule has 0 unspecified atom stereocenters. The molecule has 0 aromatic rings. The van der Waals surface area contributed by atoms with Crippen LogP contribution in [0.3, 0.4) is 0 Å². The Morgan fingerprint density at radius 3 is 1.25 bits per heavy atom. The predicted molar refractivity (Wildman–Crippen MR) is 36.0 cm³/mol. The van der Waals surface area contributed by atoms with Crippen LogP contribution in [0.25, 0.3) is 0 Å². The van der Waals surface area contributed by atoms with Crippen molar-refractivity contribution in [2.45, 2.75) is 6.92 Å². The Morgan fingerprint density at radius 1 is 1.25 bits per heavy atom. The zero-order valence-electron chi connectivity index (χ0n) is 6.10. The number of aliphatic hydroxyl groups excluding tert-OH is 1. The largest absolute Gasteiger partial charge is 0.412 e. The second-order valence-electron chi connectivity index (χ2n) is 1.66. The minimum Gasteiger partial charge on any atom is -0.412 e. The summed E-state index contributed by atoms with van der Waals surface area (Å²) in [5.74, 6) is 0. The summed E-state index contributed by atoms with van der Waals surface area (Å²) in [7, 11) is 6.00. The lowest BCUT2D eigenvalue weighted by atomic mass is 10.9. The van der Waals surface area contributed by atoms with Crippen molar-refractivity contribution in [3.05, 3.63) is 0 Å². The fourth-order valence-corrected chi connectivity index (χ4v) is 0. The van der Waals surface area contributed by atoms with Gasteiger partial charge < -0.3 is 15.5 Å². The molecule has 0 amide bonds. The van der Waals surface area contributed by atoms with Gasteiger partial charge in [-0.05, 0) is 28.1 Å². The van der Waals surface area contributed by atoms with E-state index in [1.807, 2.05) is 26.0 Å². The van der Waals surface area contributed by atoms with E-state index in [2.05, 4.69) is 0 Å². The highest BCUT2D eigenvalue weighted by atomic mass is 16.2. The van der Waals surface area contributed by atoms with Gasteiger partial charge in [-0.3, -0.25) is 0 Å². The molecule has 8 heavy (non-hydrogen) atoms. The molecule has 0 saturated carbocycles. The first-order chi connectivity index (χ1) is 3.15. The number of nitrogens with zero attached hydrogens (tertiary/aromatic N) is 1. The van der Waals surface area contributed by atoms with Gasteiger partial charge in [0.15, 0.2) is 0 Å². The molecule has 54 valence electrons. The van der Waals surface area contributed by atoms with Crippen molar-refractivity contribution < 1.29 is 10.6 Å². The molecule has 0 radical (unpaired) electrons. The second-order valence-corrected chi connectivity index (χ2v) is 1.66. The van der Waals surface area contributed by atoms with Crippen LogP contribution in [0.4, 0.5) is 0 Å². The van der Waals surface area contributed by atoms with Gasteiger partial charge in [-0.25, -0.2) is 0 Å². The van der Waals surface area contributed by atoms with Crippen LogP contribution in [-0.2, 0) is 0 Å². The summed E-state index contributed by atoms with van der Waals surface area (Å²) in [6.45, 7) is 1.93. The lowest BCUT2D eigenvalue weighted by Crippen LogP contribution is -1.99. The SMILES string of the molecule is CCO.CN(C)C.O.